The van der Waals surface area contributed by atoms with Crippen LogP contribution in [-0.4, -0.2) is 11.7 Å². The van der Waals surface area contributed by atoms with Crippen LogP contribution >= 0.6 is 0 Å². The number of amides is 1. The summed E-state index contributed by atoms with van der Waals surface area (Å²) in [5.74, 6) is -0.189. The Morgan fingerprint density at radius 3 is 2.41 bits per heavy atom. The van der Waals surface area contributed by atoms with Crippen LogP contribution in [0.4, 0.5) is 0 Å². The Kier molecular flexibility index (Phi) is 3.09. The van der Waals surface area contributed by atoms with Crippen molar-refractivity contribution in [3.63, 3.8) is 0 Å². The quantitative estimate of drug-likeness (QED) is 0.865. The molecule has 0 unspecified atom stereocenters. The second-order valence-corrected chi connectivity index (χ2v) is 3.98. The Balaban J connectivity index is 2.45. The molecular formula is C14H15NO2. The number of carbonyl (C=O) groups excluding carboxylic acids is 2. The summed E-state index contributed by atoms with van der Waals surface area (Å²) in [6, 6.07) is 7.48. The summed E-state index contributed by atoms with van der Waals surface area (Å²) >= 11 is 0. The van der Waals surface area contributed by atoms with Crippen molar-refractivity contribution in [1.82, 2.24) is 5.32 Å². The standard InChI is InChI=1S/C14H15NO2/c1-3-9-10-7-5-6-8-11(10)14(17)13(9)15-12(16)4-2/h5-8H,3-4H2,1-2H3,(H,15,16,17). The molecule has 0 fully saturated rings. The molecule has 0 spiro atoms. The topological polar surface area (TPSA) is 46.2 Å². The lowest BCUT2D eigenvalue weighted by Crippen LogP contribution is -2.25. The van der Waals surface area contributed by atoms with E-state index in [-0.39, 0.29) is 11.7 Å². The lowest BCUT2D eigenvalue weighted by molar-refractivity contribution is -0.120. The van der Waals surface area contributed by atoms with Crippen LogP contribution in [0.1, 0.15) is 42.6 Å². The van der Waals surface area contributed by atoms with E-state index in [1.807, 2.05) is 25.1 Å². The molecule has 3 heteroatoms. The van der Waals surface area contributed by atoms with Gasteiger partial charge in [0, 0.05) is 12.0 Å². The van der Waals surface area contributed by atoms with E-state index in [1.165, 1.54) is 0 Å². The number of nitrogens with one attached hydrogen (secondary N) is 1. The number of hydrogen-bond acceptors (Lipinski definition) is 2. The number of ketones is 1. The molecule has 0 aliphatic heterocycles. The van der Waals surface area contributed by atoms with Crippen molar-refractivity contribution in [2.24, 2.45) is 0 Å². The van der Waals surface area contributed by atoms with Gasteiger partial charge in [0.25, 0.3) is 0 Å². The van der Waals surface area contributed by atoms with Crippen molar-refractivity contribution in [2.45, 2.75) is 26.7 Å². The highest BCUT2D eigenvalue weighted by molar-refractivity contribution is 6.21. The molecule has 17 heavy (non-hydrogen) atoms. The van der Waals surface area contributed by atoms with Crippen LogP contribution in [0.5, 0.6) is 0 Å². The van der Waals surface area contributed by atoms with Gasteiger partial charge >= 0.3 is 0 Å². The van der Waals surface area contributed by atoms with E-state index in [4.69, 9.17) is 0 Å². The molecule has 1 aromatic rings. The summed E-state index contributed by atoms with van der Waals surface area (Å²) in [4.78, 5) is 23.6. The van der Waals surface area contributed by atoms with Gasteiger partial charge in [-0.05, 0) is 17.6 Å². The smallest absolute Gasteiger partial charge is 0.224 e. The Bertz CT molecular complexity index is 515. The molecule has 0 atom stereocenters. The lowest BCUT2D eigenvalue weighted by atomic mass is 10.0. The number of rotatable bonds is 3. The number of carbonyl (C=O) groups is 2. The summed E-state index contributed by atoms with van der Waals surface area (Å²) in [5, 5.41) is 2.72. The average molecular weight is 229 g/mol. The Morgan fingerprint density at radius 2 is 1.82 bits per heavy atom. The van der Waals surface area contributed by atoms with E-state index in [0.29, 0.717) is 17.7 Å². The van der Waals surface area contributed by atoms with Crippen LogP contribution in [0.15, 0.2) is 30.0 Å². The summed E-state index contributed by atoms with van der Waals surface area (Å²) in [5.41, 5.74) is 3.04. The first kappa shape index (κ1) is 11.6. The Hall–Kier alpha value is -1.90. The lowest BCUT2D eigenvalue weighted by Gasteiger charge is -2.06. The molecule has 1 amide bonds. The first-order valence-electron chi connectivity index (χ1n) is 5.86. The molecule has 0 aromatic heterocycles. The number of benzene rings is 1. The molecule has 1 aromatic carbocycles. The molecule has 0 saturated carbocycles. The van der Waals surface area contributed by atoms with Crippen molar-refractivity contribution in [2.75, 3.05) is 0 Å². The maximum Gasteiger partial charge on any atom is 0.224 e. The third-order valence-electron chi connectivity index (χ3n) is 2.96. The SMILES string of the molecule is CCC(=O)NC1=C(CC)c2ccccc2C1=O. The summed E-state index contributed by atoms with van der Waals surface area (Å²) in [6.07, 6.45) is 1.12. The fraction of sp³-hybridized carbons (Fsp3) is 0.286. The number of fused-ring (bicyclic) bond motifs is 1. The number of Topliss-reactive ketones (excluding diaryl/α,β-unsaturated/α-hetero) is 1. The highest BCUT2D eigenvalue weighted by Gasteiger charge is 2.28. The summed E-state index contributed by atoms with van der Waals surface area (Å²) in [6.45, 7) is 3.76. The first-order chi connectivity index (χ1) is 8.19. The van der Waals surface area contributed by atoms with Gasteiger partial charge in [-0.15, -0.1) is 0 Å². The molecular weight excluding hydrogens is 214 g/mol. The van der Waals surface area contributed by atoms with Gasteiger partial charge < -0.3 is 5.32 Å². The van der Waals surface area contributed by atoms with Gasteiger partial charge in [0.1, 0.15) is 0 Å². The zero-order valence-corrected chi connectivity index (χ0v) is 10.0. The van der Waals surface area contributed by atoms with Gasteiger partial charge in [0.05, 0.1) is 5.70 Å². The van der Waals surface area contributed by atoms with E-state index in [9.17, 15) is 9.59 Å². The van der Waals surface area contributed by atoms with Crippen molar-refractivity contribution >= 4 is 17.3 Å². The third kappa shape index (κ3) is 1.88. The molecule has 0 saturated heterocycles. The minimum Gasteiger partial charge on any atom is -0.323 e. The van der Waals surface area contributed by atoms with Crippen molar-refractivity contribution in [3.8, 4) is 0 Å². The molecule has 0 radical (unpaired) electrons. The molecule has 3 nitrogen and oxygen atoms in total. The van der Waals surface area contributed by atoms with Crippen LogP contribution in [0.2, 0.25) is 0 Å². The van der Waals surface area contributed by atoms with Crippen LogP contribution in [0.3, 0.4) is 0 Å². The fourth-order valence-electron chi connectivity index (χ4n) is 2.08. The highest BCUT2D eigenvalue weighted by Crippen LogP contribution is 2.33. The van der Waals surface area contributed by atoms with Crippen LogP contribution in [-0.2, 0) is 4.79 Å². The molecule has 1 N–H and O–H groups in total. The zero-order valence-electron chi connectivity index (χ0n) is 10.0. The number of hydrogen-bond donors (Lipinski definition) is 1. The van der Waals surface area contributed by atoms with Gasteiger partial charge in [-0.3, -0.25) is 9.59 Å². The molecule has 1 aliphatic rings. The van der Waals surface area contributed by atoms with Gasteiger partial charge in [-0.1, -0.05) is 38.1 Å². The van der Waals surface area contributed by atoms with Crippen LogP contribution < -0.4 is 5.32 Å². The largest absolute Gasteiger partial charge is 0.323 e. The monoisotopic (exact) mass is 229 g/mol. The summed E-state index contributed by atoms with van der Waals surface area (Å²) in [7, 11) is 0. The van der Waals surface area contributed by atoms with Gasteiger partial charge in [0.15, 0.2) is 0 Å². The van der Waals surface area contributed by atoms with Crippen LogP contribution in [0.25, 0.3) is 5.57 Å². The minimum absolute atomic E-state index is 0.0701. The van der Waals surface area contributed by atoms with Gasteiger partial charge in [-0.2, -0.15) is 0 Å². The first-order valence-corrected chi connectivity index (χ1v) is 5.86. The maximum atomic E-state index is 12.1. The highest BCUT2D eigenvalue weighted by atomic mass is 16.2. The van der Waals surface area contributed by atoms with E-state index >= 15 is 0 Å². The minimum atomic E-state index is -0.118. The van der Waals surface area contributed by atoms with Crippen molar-refractivity contribution in [3.05, 3.63) is 41.1 Å². The van der Waals surface area contributed by atoms with E-state index in [0.717, 1.165) is 17.6 Å². The molecule has 0 bridgehead atoms. The van der Waals surface area contributed by atoms with E-state index in [2.05, 4.69) is 5.32 Å². The summed E-state index contributed by atoms with van der Waals surface area (Å²) < 4.78 is 0. The predicted molar refractivity (Wildman–Crippen MR) is 66.4 cm³/mol. The Morgan fingerprint density at radius 1 is 1.18 bits per heavy atom. The third-order valence-corrected chi connectivity index (χ3v) is 2.96. The van der Waals surface area contributed by atoms with Crippen molar-refractivity contribution < 1.29 is 9.59 Å². The van der Waals surface area contributed by atoms with Gasteiger partial charge in [-0.25, -0.2) is 0 Å². The van der Waals surface area contributed by atoms with E-state index < -0.39 is 0 Å². The average Bonchev–Trinajstić information content (AvgIpc) is 2.63. The van der Waals surface area contributed by atoms with Crippen molar-refractivity contribution in [1.29, 1.82) is 0 Å². The maximum absolute atomic E-state index is 12.1. The molecule has 88 valence electrons. The van der Waals surface area contributed by atoms with Gasteiger partial charge in [0.2, 0.25) is 11.7 Å². The van der Waals surface area contributed by atoms with E-state index in [1.54, 1.807) is 13.0 Å². The predicted octanol–water partition coefficient (Wildman–Crippen LogP) is 2.53. The van der Waals surface area contributed by atoms with Crippen LogP contribution in [0, 0.1) is 0 Å². The molecule has 2 rings (SSSR count). The second-order valence-electron chi connectivity index (χ2n) is 3.98. The number of allylic oxidation sites excluding steroid dienone is 2. The zero-order chi connectivity index (χ0) is 12.4. The normalized spacial score (nSPS) is 13.9. The Labute approximate surface area is 101 Å². The fourth-order valence-corrected chi connectivity index (χ4v) is 2.08. The molecule has 0 heterocycles. The molecule has 1 aliphatic carbocycles. The second kappa shape index (κ2) is 4.53.